The summed E-state index contributed by atoms with van der Waals surface area (Å²) in [4.78, 5) is 13.7. The van der Waals surface area contributed by atoms with Crippen LogP contribution in [0.5, 0.6) is 0 Å². The lowest BCUT2D eigenvalue weighted by atomic mass is 9.59. The van der Waals surface area contributed by atoms with Gasteiger partial charge in [0.05, 0.1) is 12.0 Å². The van der Waals surface area contributed by atoms with Crippen molar-refractivity contribution in [1.29, 1.82) is 0 Å². The lowest BCUT2D eigenvalue weighted by Gasteiger charge is -2.48. The number of aliphatic hydroxyl groups excluding tert-OH is 3. The van der Waals surface area contributed by atoms with Gasteiger partial charge in [0.1, 0.15) is 17.8 Å². The fraction of sp³-hybridized carbons (Fsp3) is 0.750. The van der Waals surface area contributed by atoms with Crippen LogP contribution in [0.2, 0.25) is 0 Å². The van der Waals surface area contributed by atoms with Crippen molar-refractivity contribution >= 4 is 5.78 Å². The molecule has 0 amide bonds. The van der Waals surface area contributed by atoms with Gasteiger partial charge in [-0.05, 0) is 47.7 Å². The maximum atomic E-state index is 13.7. The van der Waals surface area contributed by atoms with Crippen molar-refractivity contribution in [2.24, 2.45) is 34.5 Å². The topological polar surface area (TPSA) is 98.0 Å². The van der Waals surface area contributed by atoms with Gasteiger partial charge >= 0.3 is 0 Å². The largest absolute Gasteiger partial charge is 0.392 e. The number of carbonyl (C=O) groups excluding carboxylic acids is 1. The van der Waals surface area contributed by atoms with Gasteiger partial charge in [0, 0.05) is 5.92 Å². The molecule has 4 rings (SSSR count). The Hall–Kier alpha value is -1.01. The number of carbonyl (C=O) groups is 1. The Morgan fingerprint density at radius 2 is 1.88 bits per heavy atom. The van der Waals surface area contributed by atoms with Gasteiger partial charge in [0.15, 0.2) is 5.78 Å². The predicted molar refractivity (Wildman–Crippen MR) is 91.4 cm³/mol. The molecule has 0 heterocycles. The Balaban J connectivity index is 1.99. The van der Waals surface area contributed by atoms with E-state index in [0.717, 1.165) is 6.42 Å². The highest BCUT2D eigenvalue weighted by atomic mass is 16.4. The van der Waals surface area contributed by atoms with E-state index >= 15 is 0 Å². The van der Waals surface area contributed by atoms with Crippen LogP contribution in [0.4, 0.5) is 0 Å². The molecule has 4 aliphatic carbocycles. The highest BCUT2D eigenvalue weighted by Crippen LogP contribution is 2.71. The highest BCUT2D eigenvalue weighted by Gasteiger charge is 2.75. The van der Waals surface area contributed by atoms with Crippen LogP contribution >= 0.6 is 0 Å². The minimum Gasteiger partial charge on any atom is -0.392 e. The Bertz CT molecular complexity index is 707. The third-order valence-electron chi connectivity index (χ3n) is 7.93. The molecule has 0 aromatic carbocycles. The van der Waals surface area contributed by atoms with Crippen LogP contribution in [0.25, 0.3) is 0 Å². The number of hydrogen-bond donors (Lipinski definition) is 4. The minimum atomic E-state index is -2.03. The molecule has 5 heteroatoms. The molecule has 138 valence electrons. The number of ketones is 1. The van der Waals surface area contributed by atoms with Gasteiger partial charge in [-0.15, -0.1) is 0 Å². The Morgan fingerprint density at radius 1 is 1.24 bits per heavy atom. The lowest BCUT2D eigenvalue weighted by molar-refractivity contribution is -0.190. The van der Waals surface area contributed by atoms with Crippen LogP contribution in [0.1, 0.15) is 34.1 Å². The summed E-state index contributed by atoms with van der Waals surface area (Å²) in [5, 5.41) is 43.0. The molecule has 25 heavy (non-hydrogen) atoms. The molecule has 0 aromatic rings. The van der Waals surface area contributed by atoms with Crippen molar-refractivity contribution < 1.29 is 25.2 Å². The van der Waals surface area contributed by atoms with Crippen LogP contribution < -0.4 is 0 Å². The minimum absolute atomic E-state index is 0.0245. The van der Waals surface area contributed by atoms with E-state index in [-0.39, 0.29) is 28.6 Å². The van der Waals surface area contributed by atoms with E-state index in [4.69, 9.17) is 0 Å². The smallest absolute Gasteiger partial charge is 0.153 e. The molecule has 0 radical (unpaired) electrons. The normalized spacial score (nSPS) is 53.2. The lowest BCUT2D eigenvalue weighted by Crippen LogP contribution is -2.65. The first-order valence-electron chi connectivity index (χ1n) is 9.18. The summed E-state index contributed by atoms with van der Waals surface area (Å²) in [5.41, 5.74) is -2.58. The van der Waals surface area contributed by atoms with Crippen LogP contribution in [0.15, 0.2) is 23.3 Å². The average Bonchev–Trinajstić information content (AvgIpc) is 3.05. The summed E-state index contributed by atoms with van der Waals surface area (Å²) in [7, 11) is 0. The molecule has 1 unspecified atom stereocenters. The van der Waals surface area contributed by atoms with Crippen molar-refractivity contribution in [3.63, 3.8) is 0 Å². The summed E-state index contributed by atoms with van der Waals surface area (Å²) < 4.78 is 0. The highest BCUT2D eigenvalue weighted by molar-refractivity contribution is 5.95. The van der Waals surface area contributed by atoms with Crippen LogP contribution in [0.3, 0.4) is 0 Å². The van der Waals surface area contributed by atoms with E-state index < -0.39 is 35.7 Å². The van der Waals surface area contributed by atoms with E-state index in [1.54, 1.807) is 19.1 Å². The van der Waals surface area contributed by atoms with Gasteiger partial charge in [-0.2, -0.15) is 0 Å². The van der Waals surface area contributed by atoms with Crippen molar-refractivity contribution in [2.45, 2.75) is 51.9 Å². The third kappa shape index (κ3) is 1.71. The van der Waals surface area contributed by atoms with E-state index in [1.165, 1.54) is 0 Å². The number of fused-ring (bicyclic) bond motifs is 3. The van der Waals surface area contributed by atoms with Gasteiger partial charge in [-0.3, -0.25) is 4.79 Å². The second-order valence-electron chi connectivity index (χ2n) is 9.27. The van der Waals surface area contributed by atoms with E-state index in [0.29, 0.717) is 11.5 Å². The molecule has 8 atom stereocenters. The number of aliphatic hydroxyl groups is 4. The maximum Gasteiger partial charge on any atom is 0.153 e. The molecule has 0 aromatic heterocycles. The Morgan fingerprint density at radius 3 is 2.48 bits per heavy atom. The average molecular weight is 348 g/mol. The molecule has 2 saturated carbocycles. The standard InChI is InChI=1S/C20H28O5/c1-9-7-19-10(2)5-13-14(18(13,3)4)12(17(19)24)6-11(8-21)16(23)20(19,25)15(9)22/h6-7,10,12-16,21-23,25H,5,8H2,1-4H3/t10?,12-,13-,14+,15+,16-,19+,20-/m1/s1. The van der Waals surface area contributed by atoms with Crippen molar-refractivity contribution in [3.05, 3.63) is 23.3 Å². The molecular formula is C20H28O5. The molecule has 1 spiro atoms. The molecule has 4 N–H and O–H groups in total. The molecule has 0 saturated heterocycles. The zero-order valence-electron chi connectivity index (χ0n) is 15.2. The molecule has 2 bridgehead atoms. The fourth-order valence-electron chi connectivity index (χ4n) is 6.43. The van der Waals surface area contributed by atoms with Gasteiger partial charge in [0.2, 0.25) is 0 Å². The third-order valence-corrected chi connectivity index (χ3v) is 7.93. The summed E-state index contributed by atoms with van der Waals surface area (Å²) in [6, 6.07) is 0. The van der Waals surface area contributed by atoms with E-state index in [1.807, 2.05) is 6.92 Å². The van der Waals surface area contributed by atoms with E-state index in [9.17, 15) is 25.2 Å². The maximum absolute atomic E-state index is 13.7. The number of allylic oxidation sites excluding steroid dienone is 1. The summed E-state index contributed by atoms with van der Waals surface area (Å²) in [6.07, 6.45) is 1.34. The SMILES string of the molecule is CC1=C[C@]23C(=O)[C@H](C=C(CO)[C@@H](O)[C@]2(O)[C@H]1O)[C@H]1[C@@H](CC3C)C1(C)C. The fourth-order valence-corrected chi connectivity index (χ4v) is 6.43. The monoisotopic (exact) mass is 348 g/mol. The van der Waals surface area contributed by atoms with Crippen molar-refractivity contribution in [3.8, 4) is 0 Å². The van der Waals surface area contributed by atoms with Crippen molar-refractivity contribution in [2.75, 3.05) is 6.61 Å². The molecule has 5 nitrogen and oxygen atoms in total. The first-order valence-corrected chi connectivity index (χ1v) is 9.18. The zero-order chi connectivity index (χ0) is 18.5. The Labute approximate surface area is 148 Å². The second kappa shape index (κ2) is 4.83. The van der Waals surface area contributed by atoms with Gasteiger partial charge in [-0.25, -0.2) is 0 Å². The molecule has 0 aliphatic heterocycles. The number of rotatable bonds is 1. The van der Waals surface area contributed by atoms with Gasteiger partial charge in [-0.1, -0.05) is 32.9 Å². The summed E-state index contributed by atoms with van der Waals surface area (Å²) >= 11 is 0. The van der Waals surface area contributed by atoms with Gasteiger partial charge < -0.3 is 20.4 Å². The number of Topliss-reactive ketones (excluding diaryl/α,β-unsaturated/α-hetero) is 1. The Kier molecular flexibility index (Phi) is 3.36. The number of hydrogen-bond acceptors (Lipinski definition) is 5. The van der Waals surface area contributed by atoms with Crippen LogP contribution in [0, 0.1) is 34.5 Å². The first-order chi connectivity index (χ1) is 11.5. The zero-order valence-corrected chi connectivity index (χ0v) is 15.2. The first kappa shape index (κ1) is 17.4. The second-order valence-corrected chi connectivity index (χ2v) is 9.27. The molecule has 2 fully saturated rings. The van der Waals surface area contributed by atoms with Crippen LogP contribution in [-0.2, 0) is 4.79 Å². The van der Waals surface area contributed by atoms with Crippen LogP contribution in [-0.4, -0.2) is 50.6 Å². The van der Waals surface area contributed by atoms with Crippen molar-refractivity contribution in [1.82, 2.24) is 0 Å². The van der Waals surface area contributed by atoms with Gasteiger partial charge in [0.25, 0.3) is 0 Å². The molecular weight excluding hydrogens is 320 g/mol. The van der Waals surface area contributed by atoms with E-state index in [2.05, 4.69) is 13.8 Å². The summed E-state index contributed by atoms with van der Waals surface area (Å²) in [6.45, 7) is 7.50. The quantitative estimate of drug-likeness (QED) is 0.526. The summed E-state index contributed by atoms with van der Waals surface area (Å²) in [5.74, 6) is -0.288. The predicted octanol–water partition coefficient (Wildman–Crippen LogP) is 0.815. The molecule has 4 aliphatic rings.